The average molecular weight is 280 g/mol. The summed E-state index contributed by atoms with van der Waals surface area (Å²) in [5.41, 5.74) is -0.189. The van der Waals surface area contributed by atoms with Crippen LogP contribution in [0, 0.1) is 0 Å². The van der Waals surface area contributed by atoms with E-state index in [0.717, 1.165) is 12.8 Å². The molecule has 0 aliphatic carbocycles. The number of hydrogen-bond donors (Lipinski definition) is 1. The van der Waals surface area contributed by atoms with Gasteiger partial charge in [-0.15, -0.1) is 0 Å². The van der Waals surface area contributed by atoms with Crippen LogP contribution >= 0.6 is 0 Å². The van der Waals surface area contributed by atoms with Gasteiger partial charge in [-0.05, 0) is 25.8 Å². The van der Waals surface area contributed by atoms with E-state index < -0.39 is 5.60 Å². The highest BCUT2D eigenvalue weighted by atomic mass is 16.5. The predicted octanol–water partition coefficient (Wildman–Crippen LogP) is 3.01. The first kappa shape index (κ1) is 16.4. The van der Waals surface area contributed by atoms with E-state index in [2.05, 4.69) is 17.2 Å². The molecule has 0 aromatic carbocycles. The Labute approximate surface area is 120 Å². The van der Waals surface area contributed by atoms with E-state index in [9.17, 15) is 4.79 Å². The van der Waals surface area contributed by atoms with Crippen molar-refractivity contribution in [3.8, 4) is 5.88 Å². The zero-order valence-electron chi connectivity index (χ0n) is 12.7. The van der Waals surface area contributed by atoms with Crippen LogP contribution in [0.15, 0.2) is 18.3 Å². The number of methoxy groups -OCH3 is 1. The number of nitrogens with one attached hydrogen (secondary N) is 1. The molecule has 0 fully saturated rings. The van der Waals surface area contributed by atoms with Crippen LogP contribution in [0.1, 0.15) is 40.0 Å². The minimum atomic E-state index is -0.823. The van der Waals surface area contributed by atoms with Gasteiger partial charge in [-0.1, -0.05) is 20.3 Å². The molecule has 1 atom stereocenters. The Morgan fingerprint density at radius 1 is 1.40 bits per heavy atom. The molecule has 1 aromatic heterocycles. The quantitative estimate of drug-likeness (QED) is 0.744. The molecule has 0 radical (unpaired) electrons. The molecule has 1 amide bonds. The molecule has 1 N–H and O–H groups in total. The van der Waals surface area contributed by atoms with Gasteiger partial charge in [-0.25, -0.2) is 4.98 Å². The smallest absolute Gasteiger partial charge is 0.256 e. The number of nitrogens with zero attached hydrogens (tertiary/aromatic N) is 1. The zero-order chi connectivity index (χ0) is 15.0. The highest BCUT2D eigenvalue weighted by molar-refractivity contribution is 5.96. The predicted molar refractivity (Wildman–Crippen MR) is 79.0 cm³/mol. The lowest BCUT2D eigenvalue weighted by Gasteiger charge is -2.25. The lowest BCUT2D eigenvalue weighted by Crippen LogP contribution is -2.41. The van der Waals surface area contributed by atoms with Gasteiger partial charge in [0.05, 0.1) is 18.5 Å². The van der Waals surface area contributed by atoms with Gasteiger partial charge < -0.3 is 14.8 Å². The third-order valence-electron chi connectivity index (χ3n) is 3.35. The van der Waals surface area contributed by atoms with Crippen LogP contribution in [0.2, 0.25) is 0 Å². The second kappa shape index (κ2) is 7.85. The van der Waals surface area contributed by atoms with Gasteiger partial charge in [0, 0.05) is 13.2 Å². The molecular formula is C15H24N2O3. The maximum atomic E-state index is 12.1. The lowest BCUT2D eigenvalue weighted by molar-refractivity contribution is -0.136. The summed E-state index contributed by atoms with van der Waals surface area (Å²) in [7, 11) is 1.53. The Balaban J connectivity index is 2.59. The van der Waals surface area contributed by atoms with Crippen LogP contribution in [0.5, 0.6) is 5.88 Å². The van der Waals surface area contributed by atoms with E-state index in [-0.39, 0.29) is 5.91 Å². The molecule has 0 aliphatic heterocycles. The summed E-state index contributed by atoms with van der Waals surface area (Å²) >= 11 is 0. The SMILES string of the molecule is CCCCOc1ccc(NC(=O)C(C)(CC)OC)cn1. The molecule has 0 saturated heterocycles. The number of ether oxygens (including phenoxy) is 2. The van der Waals surface area contributed by atoms with Crippen molar-refractivity contribution in [3.05, 3.63) is 18.3 Å². The number of anilines is 1. The standard InChI is InChI=1S/C15H24N2O3/c1-5-7-10-20-13-9-8-12(11-16-13)17-14(18)15(3,6-2)19-4/h8-9,11H,5-7,10H2,1-4H3,(H,17,18). The second-order valence-corrected chi connectivity index (χ2v) is 4.83. The number of carbonyl (C=O) groups is 1. The van der Waals surface area contributed by atoms with Crippen molar-refractivity contribution in [2.24, 2.45) is 0 Å². The summed E-state index contributed by atoms with van der Waals surface area (Å²) in [5, 5.41) is 2.80. The summed E-state index contributed by atoms with van der Waals surface area (Å²) in [4.78, 5) is 16.3. The Morgan fingerprint density at radius 2 is 2.15 bits per heavy atom. The van der Waals surface area contributed by atoms with E-state index in [0.29, 0.717) is 24.6 Å². The molecule has 5 nitrogen and oxygen atoms in total. The Morgan fingerprint density at radius 3 is 2.65 bits per heavy atom. The van der Waals surface area contributed by atoms with Crippen molar-refractivity contribution in [1.29, 1.82) is 0 Å². The van der Waals surface area contributed by atoms with E-state index >= 15 is 0 Å². The maximum absolute atomic E-state index is 12.1. The van der Waals surface area contributed by atoms with Crippen LogP contribution in [-0.2, 0) is 9.53 Å². The van der Waals surface area contributed by atoms with Gasteiger partial charge in [0.25, 0.3) is 5.91 Å². The lowest BCUT2D eigenvalue weighted by atomic mass is 10.0. The second-order valence-electron chi connectivity index (χ2n) is 4.83. The number of amides is 1. The van der Waals surface area contributed by atoms with Crippen molar-refractivity contribution < 1.29 is 14.3 Å². The third kappa shape index (κ3) is 4.49. The monoisotopic (exact) mass is 280 g/mol. The minimum Gasteiger partial charge on any atom is -0.478 e. The largest absolute Gasteiger partial charge is 0.478 e. The number of rotatable bonds is 8. The molecule has 1 heterocycles. The van der Waals surface area contributed by atoms with Crippen LogP contribution < -0.4 is 10.1 Å². The van der Waals surface area contributed by atoms with Crippen molar-refractivity contribution in [2.75, 3.05) is 19.0 Å². The minimum absolute atomic E-state index is 0.177. The topological polar surface area (TPSA) is 60.5 Å². The Bertz CT molecular complexity index is 414. The maximum Gasteiger partial charge on any atom is 0.256 e. The average Bonchev–Trinajstić information content (AvgIpc) is 2.48. The third-order valence-corrected chi connectivity index (χ3v) is 3.35. The van der Waals surface area contributed by atoms with Crippen molar-refractivity contribution in [3.63, 3.8) is 0 Å². The van der Waals surface area contributed by atoms with Crippen molar-refractivity contribution in [1.82, 2.24) is 4.98 Å². The van der Waals surface area contributed by atoms with E-state index in [4.69, 9.17) is 9.47 Å². The van der Waals surface area contributed by atoms with Crippen molar-refractivity contribution in [2.45, 2.75) is 45.6 Å². The first-order valence-electron chi connectivity index (χ1n) is 7.01. The molecule has 0 spiro atoms. The van der Waals surface area contributed by atoms with Gasteiger partial charge in [0.1, 0.15) is 5.60 Å². The highest BCUT2D eigenvalue weighted by Gasteiger charge is 2.30. The molecule has 0 aliphatic rings. The molecule has 5 heteroatoms. The molecule has 1 aromatic rings. The van der Waals surface area contributed by atoms with Gasteiger partial charge in [-0.3, -0.25) is 4.79 Å². The molecule has 1 unspecified atom stereocenters. The number of pyridine rings is 1. The molecule has 112 valence electrons. The summed E-state index contributed by atoms with van der Waals surface area (Å²) in [6, 6.07) is 3.53. The first-order valence-corrected chi connectivity index (χ1v) is 7.01. The van der Waals surface area contributed by atoms with E-state index in [1.54, 1.807) is 25.3 Å². The Hall–Kier alpha value is -1.62. The van der Waals surface area contributed by atoms with E-state index in [1.807, 2.05) is 6.92 Å². The van der Waals surface area contributed by atoms with Crippen LogP contribution in [0.4, 0.5) is 5.69 Å². The van der Waals surface area contributed by atoms with Gasteiger partial charge in [0.2, 0.25) is 5.88 Å². The van der Waals surface area contributed by atoms with Gasteiger partial charge in [-0.2, -0.15) is 0 Å². The fourth-order valence-corrected chi connectivity index (χ4v) is 1.52. The van der Waals surface area contributed by atoms with Gasteiger partial charge >= 0.3 is 0 Å². The molecule has 0 saturated carbocycles. The van der Waals surface area contributed by atoms with Gasteiger partial charge in [0.15, 0.2) is 0 Å². The van der Waals surface area contributed by atoms with Crippen LogP contribution in [0.25, 0.3) is 0 Å². The summed E-state index contributed by atoms with van der Waals surface area (Å²) in [6.07, 6.45) is 4.27. The van der Waals surface area contributed by atoms with Crippen LogP contribution in [-0.4, -0.2) is 30.2 Å². The summed E-state index contributed by atoms with van der Waals surface area (Å²) in [5.74, 6) is 0.394. The molecule has 0 bridgehead atoms. The Kier molecular flexibility index (Phi) is 6.45. The molecule has 20 heavy (non-hydrogen) atoms. The fourth-order valence-electron chi connectivity index (χ4n) is 1.52. The number of hydrogen-bond acceptors (Lipinski definition) is 4. The summed E-state index contributed by atoms with van der Waals surface area (Å²) in [6.45, 7) is 6.44. The molecule has 1 rings (SSSR count). The zero-order valence-corrected chi connectivity index (χ0v) is 12.7. The van der Waals surface area contributed by atoms with Crippen molar-refractivity contribution >= 4 is 11.6 Å². The highest BCUT2D eigenvalue weighted by Crippen LogP contribution is 2.18. The number of unbranched alkanes of at least 4 members (excludes halogenated alkanes) is 1. The number of aromatic nitrogens is 1. The summed E-state index contributed by atoms with van der Waals surface area (Å²) < 4.78 is 10.7. The first-order chi connectivity index (χ1) is 9.55. The van der Waals surface area contributed by atoms with E-state index in [1.165, 1.54) is 7.11 Å². The molecular weight excluding hydrogens is 256 g/mol. The van der Waals surface area contributed by atoms with Crippen LogP contribution in [0.3, 0.4) is 0 Å². The normalized spacial score (nSPS) is 13.6. The fraction of sp³-hybridized carbons (Fsp3) is 0.600. The number of carbonyl (C=O) groups excluding carboxylic acids is 1.